The van der Waals surface area contributed by atoms with Gasteiger partial charge in [-0.3, -0.25) is 0 Å². The Balaban J connectivity index is 1.87. The van der Waals surface area contributed by atoms with Crippen molar-refractivity contribution >= 4 is 40.5 Å². The smallest absolute Gasteiger partial charge is 0.142 e. The molecule has 3 atom stereocenters. The molecule has 24 heavy (non-hydrogen) atoms. The minimum atomic E-state index is 0.0784. The van der Waals surface area contributed by atoms with Gasteiger partial charge in [-0.05, 0) is 42.2 Å². The van der Waals surface area contributed by atoms with E-state index in [4.69, 9.17) is 39.5 Å². The first kappa shape index (κ1) is 16.1. The Morgan fingerprint density at radius 1 is 1.08 bits per heavy atom. The third kappa shape index (κ3) is 2.48. The standard InChI is InChI=1S/C19H16Cl3NO/c1-24-16-8-7-14(21)17-11-3-2-4-12(11)18(23-19(16)17)13-6-5-10(20)9-15(13)22/h2-3,5-9,11-12,18,23H,4H2,1H3/t11-,12-,18+/m1/s1. The summed E-state index contributed by atoms with van der Waals surface area (Å²) in [7, 11) is 1.67. The van der Waals surface area contributed by atoms with Crippen molar-refractivity contribution in [3.05, 3.63) is 68.7 Å². The van der Waals surface area contributed by atoms with Crippen molar-refractivity contribution in [2.75, 3.05) is 12.4 Å². The van der Waals surface area contributed by atoms with Gasteiger partial charge in [0.15, 0.2) is 0 Å². The molecule has 2 aromatic rings. The van der Waals surface area contributed by atoms with E-state index >= 15 is 0 Å². The first-order valence-electron chi connectivity index (χ1n) is 7.84. The summed E-state index contributed by atoms with van der Waals surface area (Å²) in [6.45, 7) is 0. The zero-order chi connectivity index (χ0) is 16.8. The van der Waals surface area contributed by atoms with Crippen LogP contribution < -0.4 is 10.1 Å². The zero-order valence-electron chi connectivity index (χ0n) is 13.0. The Morgan fingerprint density at radius 2 is 1.92 bits per heavy atom. The van der Waals surface area contributed by atoms with Gasteiger partial charge in [-0.1, -0.05) is 53.0 Å². The van der Waals surface area contributed by atoms with Crippen molar-refractivity contribution < 1.29 is 4.74 Å². The number of ether oxygens (including phenoxy) is 1. The van der Waals surface area contributed by atoms with Gasteiger partial charge in [-0.2, -0.15) is 0 Å². The largest absolute Gasteiger partial charge is 0.495 e. The molecule has 0 aromatic heterocycles. The predicted octanol–water partition coefficient (Wildman–Crippen LogP) is 6.48. The summed E-state index contributed by atoms with van der Waals surface area (Å²) in [4.78, 5) is 0. The molecule has 0 unspecified atom stereocenters. The Kier molecular flexibility index (Phi) is 4.16. The predicted molar refractivity (Wildman–Crippen MR) is 101 cm³/mol. The number of hydrogen-bond acceptors (Lipinski definition) is 2. The second-order valence-corrected chi connectivity index (χ2v) is 7.43. The fourth-order valence-electron chi connectivity index (χ4n) is 3.87. The molecule has 124 valence electrons. The summed E-state index contributed by atoms with van der Waals surface area (Å²) >= 11 is 19.1. The molecule has 2 aromatic carbocycles. The Bertz CT molecular complexity index is 834. The van der Waals surface area contributed by atoms with Crippen molar-refractivity contribution in [3.8, 4) is 5.75 Å². The van der Waals surface area contributed by atoms with Gasteiger partial charge < -0.3 is 10.1 Å². The van der Waals surface area contributed by atoms with Crippen molar-refractivity contribution in [1.82, 2.24) is 0 Å². The lowest BCUT2D eigenvalue weighted by atomic mass is 9.77. The van der Waals surface area contributed by atoms with E-state index in [9.17, 15) is 0 Å². The van der Waals surface area contributed by atoms with E-state index < -0.39 is 0 Å². The molecular formula is C19H16Cl3NO. The molecule has 5 heteroatoms. The van der Waals surface area contributed by atoms with Gasteiger partial charge in [0.05, 0.1) is 18.8 Å². The van der Waals surface area contributed by atoms with E-state index in [1.807, 2.05) is 24.3 Å². The second kappa shape index (κ2) is 6.18. The third-order valence-electron chi connectivity index (χ3n) is 4.95. The molecule has 2 aliphatic rings. The topological polar surface area (TPSA) is 21.3 Å². The maximum absolute atomic E-state index is 6.51. The number of hydrogen-bond donors (Lipinski definition) is 1. The van der Waals surface area contributed by atoms with Gasteiger partial charge in [0.2, 0.25) is 0 Å². The van der Waals surface area contributed by atoms with Crippen molar-refractivity contribution in [3.63, 3.8) is 0 Å². The van der Waals surface area contributed by atoms with E-state index in [2.05, 4.69) is 17.5 Å². The van der Waals surface area contributed by atoms with Crippen LogP contribution in [0.25, 0.3) is 0 Å². The number of methoxy groups -OCH3 is 1. The molecule has 1 heterocycles. The van der Waals surface area contributed by atoms with Gasteiger partial charge in [0.25, 0.3) is 0 Å². The molecule has 0 spiro atoms. The molecule has 2 nitrogen and oxygen atoms in total. The zero-order valence-corrected chi connectivity index (χ0v) is 15.3. The number of anilines is 1. The van der Waals surface area contributed by atoms with Crippen LogP contribution in [0.4, 0.5) is 5.69 Å². The first-order valence-corrected chi connectivity index (χ1v) is 8.98. The molecule has 0 fully saturated rings. The molecule has 4 rings (SSSR count). The fourth-order valence-corrected chi connectivity index (χ4v) is 4.68. The second-order valence-electron chi connectivity index (χ2n) is 6.18. The minimum absolute atomic E-state index is 0.0784. The Labute approximate surface area is 156 Å². The maximum atomic E-state index is 6.51. The summed E-state index contributed by atoms with van der Waals surface area (Å²) < 4.78 is 5.55. The first-order chi connectivity index (χ1) is 11.6. The lowest BCUT2D eigenvalue weighted by Crippen LogP contribution is -2.29. The van der Waals surface area contributed by atoms with Gasteiger partial charge in [-0.25, -0.2) is 0 Å². The number of fused-ring (bicyclic) bond motifs is 3. The average Bonchev–Trinajstić information content (AvgIpc) is 3.04. The van der Waals surface area contributed by atoms with E-state index in [0.717, 1.165) is 34.0 Å². The summed E-state index contributed by atoms with van der Waals surface area (Å²) in [5.74, 6) is 1.41. The molecule has 1 N–H and O–H groups in total. The maximum Gasteiger partial charge on any atom is 0.142 e. The van der Waals surface area contributed by atoms with E-state index in [-0.39, 0.29) is 12.0 Å². The quantitative estimate of drug-likeness (QED) is 0.602. The van der Waals surface area contributed by atoms with Crippen LogP contribution in [0, 0.1) is 5.92 Å². The molecule has 1 aliphatic carbocycles. The van der Waals surface area contributed by atoms with Crippen LogP contribution in [0.3, 0.4) is 0 Å². The average molecular weight is 381 g/mol. The van der Waals surface area contributed by atoms with Crippen LogP contribution in [0.1, 0.15) is 29.5 Å². The van der Waals surface area contributed by atoms with Crippen LogP contribution in [0.2, 0.25) is 15.1 Å². The highest BCUT2D eigenvalue weighted by Crippen LogP contribution is 2.54. The van der Waals surface area contributed by atoms with E-state index in [1.54, 1.807) is 13.2 Å². The molecular weight excluding hydrogens is 365 g/mol. The van der Waals surface area contributed by atoms with Crippen molar-refractivity contribution in [1.29, 1.82) is 0 Å². The van der Waals surface area contributed by atoms with Crippen LogP contribution in [0.5, 0.6) is 5.75 Å². The number of nitrogens with one attached hydrogen (secondary N) is 1. The van der Waals surface area contributed by atoms with Gasteiger partial charge in [0, 0.05) is 26.5 Å². The van der Waals surface area contributed by atoms with Crippen LogP contribution >= 0.6 is 34.8 Å². The molecule has 0 bridgehead atoms. The molecule has 0 amide bonds. The lowest BCUT2D eigenvalue weighted by Gasteiger charge is -2.38. The number of rotatable bonds is 2. The monoisotopic (exact) mass is 379 g/mol. The van der Waals surface area contributed by atoms with Crippen LogP contribution in [-0.2, 0) is 0 Å². The molecule has 1 aliphatic heterocycles. The summed E-state index contributed by atoms with van der Waals surface area (Å²) in [5, 5.41) is 5.71. The van der Waals surface area contributed by atoms with Gasteiger partial charge in [0.1, 0.15) is 5.75 Å². The fraction of sp³-hybridized carbons (Fsp3) is 0.263. The summed E-state index contributed by atoms with van der Waals surface area (Å²) in [6, 6.07) is 9.55. The van der Waals surface area contributed by atoms with Gasteiger partial charge >= 0.3 is 0 Å². The number of allylic oxidation sites excluding steroid dienone is 2. The van der Waals surface area contributed by atoms with Crippen LogP contribution in [0.15, 0.2) is 42.5 Å². The Hall–Kier alpha value is -1.35. The highest BCUT2D eigenvalue weighted by Gasteiger charge is 2.40. The van der Waals surface area contributed by atoms with Crippen LogP contribution in [-0.4, -0.2) is 7.11 Å². The SMILES string of the molecule is COc1ccc(Cl)c2c1N[C@H](c1ccc(Cl)cc1Cl)[C@@H]1CC=C[C@@H]21. The highest BCUT2D eigenvalue weighted by molar-refractivity contribution is 6.35. The molecule has 0 radical (unpaired) electrons. The highest BCUT2D eigenvalue weighted by atomic mass is 35.5. The summed E-state index contributed by atoms with van der Waals surface area (Å²) in [5.41, 5.74) is 3.11. The number of halogens is 3. The lowest BCUT2D eigenvalue weighted by molar-refractivity contribution is 0.397. The third-order valence-corrected chi connectivity index (χ3v) is 5.84. The van der Waals surface area contributed by atoms with E-state index in [1.165, 1.54) is 0 Å². The molecule has 0 saturated heterocycles. The van der Waals surface area contributed by atoms with E-state index in [0.29, 0.717) is 16.0 Å². The summed E-state index contributed by atoms with van der Waals surface area (Å²) in [6.07, 6.45) is 5.44. The Morgan fingerprint density at radius 3 is 2.67 bits per heavy atom. The normalized spacial score (nSPS) is 24.2. The minimum Gasteiger partial charge on any atom is -0.495 e. The molecule has 0 saturated carbocycles. The van der Waals surface area contributed by atoms with Gasteiger partial charge in [-0.15, -0.1) is 0 Å². The van der Waals surface area contributed by atoms with Crippen molar-refractivity contribution in [2.24, 2.45) is 5.92 Å². The number of benzene rings is 2. The van der Waals surface area contributed by atoms with Crippen molar-refractivity contribution in [2.45, 2.75) is 18.4 Å².